The van der Waals surface area contributed by atoms with Crippen LogP contribution in [0.4, 0.5) is 0 Å². The molecule has 1 rings (SSSR count). The molecule has 0 fully saturated rings. The second-order valence-electron chi connectivity index (χ2n) is 2.63. The van der Waals surface area contributed by atoms with E-state index in [2.05, 4.69) is 10.2 Å². The fourth-order valence-electron chi connectivity index (χ4n) is 0.912. The van der Waals surface area contributed by atoms with E-state index >= 15 is 0 Å². The first-order valence-corrected chi connectivity index (χ1v) is 5.12. The fourth-order valence-corrected chi connectivity index (χ4v) is 1.49. The summed E-state index contributed by atoms with van der Waals surface area (Å²) in [5.41, 5.74) is 0.431. The summed E-state index contributed by atoms with van der Waals surface area (Å²) in [5, 5.41) is 0. The average Bonchev–Trinajstić information content (AvgIpc) is 2.18. The molecule has 1 aromatic carbocycles. The van der Waals surface area contributed by atoms with Crippen LogP contribution < -0.4 is 5.90 Å². The first-order valence-electron chi connectivity index (χ1n) is 3.72. The van der Waals surface area contributed by atoms with Gasteiger partial charge < -0.3 is 0 Å². The third-order valence-corrected chi connectivity index (χ3v) is 2.78. The molecule has 0 aromatic heterocycles. The Morgan fingerprint density at radius 1 is 1.29 bits per heavy atom. The molecule has 5 nitrogen and oxygen atoms in total. The molecule has 0 radical (unpaired) electrons. The largest absolute Gasteiger partial charge is 0.312 e. The predicted octanol–water partition coefficient (Wildman–Crippen LogP) is 0.468. The van der Waals surface area contributed by atoms with Crippen LogP contribution in [0.5, 0.6) is 0 Å². The van der Waals surface area contributed by atoms with Gasteiger partial charge in [-0.05, 0) is 19.1 Å². The van der Waals surface area contributed by atoms with Crippen molar-refractivity contribution in [2.45, 2.75) is 11.8 Å². The lowest BCUT2D eigenvalue weighted by Gasteiger charge is -2.00. The number of benzene rings is 1. The average molecular weight is 215 g/mol. The molecule has 0 atom stereocenters. The lowest BCUT2D eigenvalue weighted by atomic mass is 10.2. The van der Waals surface area contributed by atoms with Gasteiger partial charge >= 0.3 is 10.1 Å². The first-order chi connectivity index (χ1) is 6.47. The van der Waals surface area contributed by atoms with Crippen molar-refractivity contribution in [2.24, 2.45) is 5.90 Å². The molecule has 0 aliphatic heterocycles. The van der Waals surface area contributed by atoms with Crippen LogP contribution in [-0.2, 0) is 14.4 Å². The van der Waals surface area contributed by atoms with Crippen LogP contribution in [0.1, 0.15) is 17.3 Å². The van der Waals surface area contributed by atoms with Crippen LogP contribution in [-0.4, -0.2) is 14.2 Å². The summed E-state index contributed by atoms with van der Waals surface area (Å²) in [6, 6.07) is 5.32. The molecular weight excluding hydrogens is 206 g/mol. The van der Waals surface area contributed by atoms with E-state index < -0.39 is 10.1 Å². The number of carbonyl (C=O) groups is 1. The zero-order valence-corrected chi connectivity index (χ0v) is 8.24. The summed E-state index contributed by atoms with van der Waals surface area (Å²) in [6.07, 6.45) is 0. The minimum Gasteiger partial charge on any atom is -0.295 e. The molecule has 76 valence electrons. The van der Waals surface area contributed by atoms with Gasteiger partial charge in [0.15, 0.2) is 5.78 Å². The first kappa shape index (κ1) is 10.8. The van der Waals surface area contributed by atoms with Gasteiger partial charge in [0, 0.05) is 5.56 Å². The van der Waals surface area contributed by atoms with E-state index in [1.165, 1.54) is 31.2 Å². The highest BCUT2D eigenvalue weighted by molar-refractivity contribution is 7.86. The monoisotopic (exact) mass is 215 g/mol. The van der Waals surface area contributed by atoms with Crippen molar-refractivity contribution in [2.75, 3.05) is 0 Å². The van der Waals surface area contributed by atoms with Crippen molar-refractivity contribution in [3.05, 3.63) is 29.8 Å². The smallest absolute Gasteiger partial charge is 0.295 e. The van der Waals surface area contributed by atoms with E-state index in [1.807, 2.05) is 0 Å². The molecule has 1 aromatic rings. The Balaban J connectivity index is 3.12. The standard InChI is InChI=1S/C8H9NO4S/c1-6(10)7-2-4-8(5-3-7)14(11,12)13-9/h2-5H,9H2,1H3. The molecule has 2 N–H and O–H groups in total. The van der Waals surface area contributed by atoms with E-state index in [0.717, 1.165) is 0 Å². The van der Waals surface area contributed by atoms with E-state index in [-0.39, 0.29) is 10.7 Å². The minimum absolute atomic E-state index is 0.0787. The van der Waals surface area contributed by atoms with Crippen molar-refractivity contribution in [3.8, 4) is 0 Å². The lowest BCUT2D eigenvalue weighted by Crippen LogP contribution is -2.11. The van der Waals surface area contributed by atoms with Crippen LogP contribution in [0.2, 0.25) is 0 Å². The molecule has 0 saturated heterocycles. The second kappa shape index (κ2) is 3.87. The summed E-state index contributed by atoms with van der Waals surface area (Å²) in [4.78, 5) is 10.8. The van der Waals surface area contributed by atoms with Gasteiger partial charge in [0.1, 0.15) is 0 Å². The van der Waals surface area contributed by atoms with Gasteiger partial charge in [-0.25, -0.2) is 0 Å². The molecule has 0 aliphatic carbocycles. The maximum Gasteiger partial charge on any atom is 0.312 e. The zero-order chi connectivity index (χ0) is 10.8. The van der Waals surface area contributed by atoms with E-state index in [4.69, 9.17) is 0 Å². The Labute approximate surface area is 81.6 Å². The number of Topliss-reactive ketones (excluding diaryl/α,β-unsaturated/α-hetero) is 1. The Bertz CT molecular complexity index is 435. The van der Waals surface area contributed by atoms with E-state index in [9.17, 15) is 13.2 Å². The molecule has 0 heterocycles. The summed E-state index contributed by atoms with van der Waals surface area (Å²) in [5.74, 6) is 4.44. The SMILES string of the molecule is CC(=O)c1ccc(S(=O)(=O)ON)cc1. The van der Waals surface area contributed by atoms with Gasteiger partial charge in [0.2, 0.25) is 0 Å². The highest BCUT2D eigenvalue weighted by atomic mass is 32.2. The predicted molar refractivity (Wildman–Crippen MR) is 48.9 cm³/mol. The molecule has 0 bridgehead atoms. The van der Waals surface area contributed by atoms with E-state index in [1.54, 1.807) is 0 Å². The molecule has 0 spiro atoms. The summed E-state index contributed by atoms with van der Waals surface area (Å²) < 4.78 is 25.9. The number of carbonyl (C=O) groups excluding carboxylic acids is 1. The molecule has 0 saturated carbocycles. The molecule has 0 aliphatic rings. The quantitative estimate of drug-likeness (QED) is 0.585. The van der Waals surface area contributed by atoms with Crippen LogP contribution in [0.3, 0.4) is 0 Å². The highest BCUT2D eigenvalue weighted by Gasteiger charge is 2.13. The van der Waals surface area contributed by atoms with Crippen LogP contribution in [0.25, 0.3) is 0 Å². The normalized spacial score (nSPS) is 11.3. The Hall–Kier alpha value is -1.24. The summed E-state index contributed by atoms with van der Waals surface area (Å²) in [6.45, 7) is 1.39. The summed E-state index contributed by atoms with van der Waals surface area (Å²) >= 11 is 0. The van der Waals surface area contributed by atoms with Crippen molar-refractivity contribution < 1.29 is 17.5 Å². The number of rotatable bonds is 3. The van der Waals surface area contributed by atoms with Gasteiger partial charge in [0.25, 0.3) is 0 Å². The molecular formula is C8H9NO4S. The van der Waals surface area contributed by atoms with Crippen LogP contribution >= 0.6 is 0 Å². The third kappa shape index (κ3) is 2.16. The maximum atomic E-state index is 11.0. The molecule has 0 unspecified atom stereocenters. The Kier molecular flexibility index (Phi) is 3.00. The minimum atomic E-state index is -3.87. The van der Waals surface area contributed by atoms with Crippen molar-refractivity contribution >= 4 is 15.9 Å². The van der Waals surface area contributed by atoms with Gasteiger partial charge in [-0.15, -0.1) is 0 Å². The molecule has 14 heavy (non-hydrogen) atoms. The summed E-state index contributed by atoms with van der Waals surface area (Å²) in [7, 11) is -3.87. The second-order valence-corrected chi connectivity index (χ2v) is 4.20. The van der Waals surface area contributed by atoms with Crippen LogP contribution in [0.15, 0.2) is 29.2 Å². The molecule has 6 heteroatoms. The molecule has 0 amide bonds. The third-order valence-electron chi connectivity index (χ3n) is 1.68. The van der Waals surface area contributed by atoms with Crippen molar-refractivity contribution in [1.82, 2.24) is 0 Å². The highest BCUT2D eigenvalue weighted by Crippen LogP contribution is 2.12. The van der Waals surface area contributed by atoms with Gasteiger partial charge in [-0.2, -0.15) is 18.6 Å². The zero-order valence-electron chi connectivity index (χ0n) is 7.43. The van der Waals surface area contributed by atoms with Crippen LogP contribution in [0, 0.1) is 0 Å². The Morgan fingerprint density at radius 2 is 1.79 bits per heavy atom. The maximum absolute atomic E-state index is 11.0. The van der Waals surface area contributed by atoms with E-state index in [0.29, 0.717) is 5.56 Å². The number of hydrogen-bond donors (Lipinski definition) is 1. The topological polar surface area (TPSA) is 86.5 Å². The van der Waals surface area contributed by atoms with Crippen molar-refractivity contribution in [3.63, 3.8) is 0 Å². The number of hydrogen-bond acceptors (Lipinski definition) is 5. The van der Waals surface area contributed by atoms with Crippen molar-refractivity contribution in [1.29, 1.82) is 0 Å². The lowest BCUT2D eigenvalue weighted by molar-refractivity contribution is 0.101. The van der Waals surface area contributed by atoms with Gasteiger partial charge in [-0.3, -0.25) is 4.79 Å². The van der Waals surface area contributed by atoms with Gasteiger partial charge in [0.05, 0.1) is 4.90 Å². The van der Waals surface area contributed by atoms with Gasteiger partial charge in [-0.1, -0.05) is 12.1 Å². The Morgan fingerprint density at radius 3 is 2.14 bits per heavy atom. The fraction of sp³-hybridized carbons (Fsp3) is 0.125. The number of ketones is 1. The number of nitrogens with two attached hydrogens (primary N) is 1.